The van der Waals surface area contributed by atoms with Gasteiger partial charge < -0.3 is 10.1 Å². The van der Waals surface area contributed by atoms with E-state index >= 15 is 0 Å². The summed E-state index contributed by atoms with van der Waals surface area (Å²) in [5.41, 5.74) is 7.07. The van der Waals surface area contributed by atoms with Crippen LogP contribution in [0.4, 0.5) is 0 Å². The molecule has 5 aliphatic rings. The van der Waals surface area contributed by atoms with E-state index in [1.807, 2.05) is 0 Å². The SMILES string of the molecule is C/C=C\C1=C(C)C(C2=CC=CC(C)(/C3=C/CCCC/C(=C\CCCCC(C)C)OC3)N2)=CC23C[C@@H]2C=CCCC13. The van der Waals surface area contributed by atoms with Gasteiger partial charge in [-0.3, -0.25) is 0 Å². The van der Waals surface area contributed by atoms with E-state index in [9.17, 15) is 0 Å². The second-order valence-corrected chi connectivity index (χ2v) is 13.5. The first kappa shape index (κ1) is 29.0. The van der Waals surface area contributed by atoms with Gasteiger partial charge in [-0.15, -0.1) is 0 Å². The average molecular weight is 540 g/mol. The summed E-state index contributed by atoms with van der Waals surface area (Å²) in [6.45, 7) is 12.2. The quantitative estimate of drug-likeness (QED) is 0.245. The topological polar surface area (TPSA) is 21.3 Å². The average Bonchev–Trinajstić information content (AvgIpc) is 3.62. The Balaban J connectivity index is 1.33. The molecule has 2 aliphatic heterocycles. The van der Waals surface area contributed by atoms with Crippen LogP contribution in [0.25, 0.3) is 0 Å². The number of allylic oxidation sites excluding steroid dienone is 12. The predicted molar refractivity (Wildman–Crippen MR) is 171 cm³/mol. The Morgan fingerprint density at radius 2 is 2.05 bits per heavy atom. The molecule has 0 radical (unpaired) electrons. The number of hydrogen-bond acceptors (Lipinski definition) is 2. The van der Waals surface area contributed by atoms with Crippen molar-refractivity contribution in [2.45, 2.75) is 111 Å². The normalized spacial score (nSPS) is 34.5. The standard InChI is InChI=1S/C38H53NO/c1-6-16-33-29(4)34(26-38-25-30(38)18-13-14-22-35(33)38)36-23-15-24-37(5,39-36)31-19-10-8-12-21-32(40-27-31)20-11-7-9-17-28(2)3/h6,13,15-16,18-20,23-24,26,28,30,35,39H,7-12,14,17,21-22,25,27H2,1-5H3/b16-6-,31-19+,32-20+/t30-,35?,37?,38?/m0/s1. The van der Waals surface area contributed by atoms with E-state index in [2.05, 4.69) is 101 Å². The van der Waals surface area contributed by atoms with Crippen molar-refractivity contribution in [3.8, 4) is 0 Å². The van der Waals surface area contributed by atoms with Crippen LogP contribution >= 0.6 is 0 Å². The number of unbranched alkanes of at least 4 members (excludes halogenated alkanes) is 2. The molecule has 5 rings (SSSR count). The number of dihydropyridines is 1. The van der Waals surface area contributed by atoms with Crippen LogP contribution in [-0.2, 0) is 4.74 Å². The number of hydrogen-bond donors (Lipinski definition) is 1. The molecule has 1 spiro atoms. The Bertz CT molecular complexity index is 1180. The minimum atomic E-state index is -0.250. The van der Waals surface area contributed by atoms with Gasteiger partial charge in [0.15, 0.2) is 0 Å². The van der Waals surface area contributed by atoms with E-state index in [0.717, 1.165) is 25.2 Å². The van der Waals surface area contributed by atoms with Gasteiger partial charge in [0, 0.05) is 17.5 Å². The van der Waals surface area contributed by atoms with Crippen LogP contribution in [0.15, 0.2) is 94.5 Å². The van der Waals surface area contributed by atoms with E-state index in [-0.39, 0.29) is 5.54 Å². The lowest BCUT2D eigenvalue weighted by Crippen LogP contribution is -2.45. The molecule has 0 bridgehead atoms. The van der Waals surface area contributed by atoms with Crippen molar-refractivity contribution in [1.82, 2.24) is 5.32 Å². The summed E-state index contributed by atoms with van der Waals surface area (Å²) < 4.78 is 6.54. The molecule has 4 atom stereocenters. The fourth-order valence-electron chi connectivity index (χ4n) is 7.52. The van der Waals surface area contributed by atoms with Crippen molar-refractivity contribution < 1.29 is 4.74 Å². The minimum absolute atomic E-state index is 0.250. The Morgan fingerprint density at radius 3 is 2.88 bits per heavy atom. The van der Waals surface area contributed by atoms with E-state index in [4.69, 9.17) is 4.74 Å². The monoisotopic (exact) mass is 539 g/mol. The molecule has 0 amide bonds. The van der Waals surface area contributed by atoms with Gasteiger partial charge >= 0.3 is 0 Å². The lowest BCUT2D eigenvalue weighted by molar-refractivity contribution is 0.215. The van der Waals surface area contributed by atoms with Gasteiger partial charge in [0.1, 0.15) is 6.61 Å². The van der Waals surface area contributed by atoms with Crippen LogP contribution in [0, 0.1) is 23.2 Å². The highest BCUT2D eigenvalue weighted by molar-refractivity contribution is 5.59. The van der Waals surface area contributed by atoms with E-state index in [0.29, 0.717) is 23.9 Å². The Kier molecular flexibility index (Phi) is 9.13. The van der Waals surface area contributed by atoms with Gasteiger partial charge in [-0.2, -0.15) is 0 Å². The summed E-state index contributed by atoms with van der Waals surface area (Å²) in [6.07, 6.45) is 37.4. The van der Waals surface area contributed by atoms with Crippen molar-refractivity contribution >= 4 is 0 Å². The maximum absolute atomic E-state index is 6.54. The van der Waals surface area contributed by atoms with Crippen molar-refractivity contribution in [1.29, 1.82) is 0 Å². The third-order valence-corrected chi connectivity index (χ3v) is 10.0. The van der Waals surface area contributed by atoms with Crippen LogP contribution in [-0.4, -0.2) is 12.1 Å². The molecule has 3 aliphatic carbocycles. The van der Waals surface area contributed by atoms with Gasteiger partial charge in [0.2, 0.25) is 0 Å². The zero-order valence-corrected chi connectivity index (χ0v) is 25.9. The largest absolute Gasteiger partial charge is 0.494 e. The number of rotatable bonds is 8. The van der Waals surface area contributed by atoms with Gasteiger partial charge in [-0.25, -0.2) is 0 Å². The maximum Gasteiger partial charge on any atom is 0.111 e. The zero-order chi connectivity index (χ0) is 28.2. The molecule has 0 aromatic heterocycles. The zero-order valence-electron chi connectivity index (χ0n) is 25.9. The third-order valence-electron chi connectivity index (χ3n) is 10.0. The molecular weight excluding hydrogens is 486 g/mol. The van der Waals surface area contributed by atoms with Crippen molar-refractivity contribution in [2.24, 2.45) is 23.2 Å². The molecule has 1 N–H and O–H groups in total. The van der Waals surface area contributed by atoms with E-state index in [1.54, 1.807) is 5.57 Å². The van der Waals surface area contributed by atoms with Crippen molar-refractivity contribution in [2.75, 3.05) is 6.61 Å². The molecule has 216 valence electrons. The van der Waals surface area contributed by atoms with Gasteiger partial charge in [0.05, 0.1) is 11.3 Å². The number of ether oxygens (including phenoxy) is 1. The van der Waals surface area contributed by atoms with E-state index in [1.165, 1.54) is 79.5 Å². The maximum atomic E-state index is 6.54. The molecule has 0 saturated heterocycles. The first-order chi connectivity index (χ1) is 19.4. The Morgan fingerprint density at radius 1 is 1.18 bits per heavy atom. The predicted octanol–water partition coefficient (Wildman–Crippen LogP) is 10.2. The molecule has 2 nitrogen and oxygen atoms in total. The summed E-state index contributed by atoms with van der Waals surface area (Å²) in [5.74, 6) is 3.33. The third kappa shape index (κ3) is 6.22. The smallest absolute Gasteiger partial charge is 0.111 e. The van der Waals surface area contributed by atoms with Crippen LogP contribution in [0.1, 0.15) is 105 Å². The van der Waals surface area contributed by atoms with Crippen molar-refractivity contribution in [3.63, 3.8) is 0 Å². The first-order valence-electron chi connectivity index (χ1n) is 16.3. The second-order valence-electron chi connectivity index (χ2n) is 13.5. The van der Waals surface area contributed by atoms with Crippen LogP contribution in [0.5, 0.6) is 0 Å². The Labute approximate surface area is 244 Å². The van der Waals surface area contributed by atoms with Gasteiger partial charge in [-0.05, 0) is 124 Å². The molecule has 1 fully saturated rings. The highest BCUT2D eigenvalue weighted by Gasteiger charge is 2.58. The fraction of sp³-hybridized carbons (Fsp3) is 0.579. The van der Waals surface area contributed by atoms with Gasteiger partial charge in [-0.1, -0.05) is 75.3 Å². The van der Waals surface area contributed by atoms with Crippen LogP contribution in [0.2, 0.25) is 0 Å². The summed E-state index contributed by atoms with van der Waals surface area (Å²) >= 11 is 0. The minimum Gasteiger partial charge on any atom is -0.494 e. The molecule has 40 heavy (non-hydrogen) atoms. The Hall–Kier alpha value is -2.48. The van der Waals surface area contributed by atoms with E-state index < -0.39 is 0 Å². The summed E-state index contributed by atoms with van der Waals surface area (Å²) in [4.78, 5) is 0. The molecule has 3 unspecified atom stereocenters. The lowest BCUT2D eigenvalue weighted by Gasteiger charge is -2.39. The fourth-order valence-corrected chi connectivity index (χ4v) is 7.52. The highest BCUT2D eigenvalue weighted by atomic mass is 16.5. The molecule has 2 heterocycles. The summed E-state index contributed by atoms with van der Waals surface area (Å²) in [5, 5.41) is 4.03. The summed E-state index contributed by atoms with van der Waals surface area (Å²) in [6, 6.07) is 0. The molecule has 0 aromatic carbocycles. The van der Waals surface area contributed by atoms with Crippen LogP contribution < -0.4 is 5.32 Å². The van der Waals surface area contributed by atoms with Gasteiger partial charge in [0.25, 0.3) is 0 Å². The first-order valence-corrected chi connectivity index (χ1v) is 16.3. The summed E-state index contributed by atoms with van der Waals surface area (Å²) in [7, 11) is 0. The molecular formula is C38H53NO. The highest BCUT2D eigenvalue weighted by Crippen LogP contribution is 2.67. The van der Waals surface area contributed by atoms with Crippen LogP contribution in [0.3, 0.4) is 0 Å². The lowest BCUT2D eigenvalue weighted by atomic mass is 9.70. The molecule has 2 heteroatoms. The molecule has 0 aromatic rings. The molecule has 1 saturated carbocycles. The second kappa shape index (κ2) is 12.6. The van der Waals surface area contributed by atoms with Crippen molar-refractivity contribution in [3.05, 3.63) is 94.5 Å². The number of nitrogens with one attached hydrogen (secondary N) is 1.